The van der Waals surface area contributed by atoms with Crippen molar-refractivity contribution in [3.05, 3.63) is 160 Å². The number of aliphatic carboxylic acids is 1. The van der Waals surface area contributed by atoms with Crippen LogP contribution in [0.3, 0.4) is 0 Å². The summed E-state index contributed by atoms with van der Waals surface area (Å²) in [6, 6.07) is 29.8. The molecular weight excluding hydrogens is 955 g/mol. The number of benzene rings is 5. The SMILES string of the molecule is COc1ccccc1-c1nccc(COc2ccc3cc2C[C@H](C(=O)O)Oc2ncnc4sc(-c5ccc(F)cc5)c(c24)-c2cc(Cl)c(c(Cl)c2)O[C@@H](COS(=O)(=O)c2ccc(C)cc2)CC3)n1. The number of thiophene rings is 1. The summed E-state index contributed by atoms with van der Waals surface area (Å²) in [5.74, 6) is -0.294. The van der Waals surface area contributed by atoms with Gasteiger partial charge >= 0.3 is 5.97 Å². The maximum absolute atomic E-state index is 14.3. The van der Waals surface area contributed by atoms with Crippen LogP contribution in [0.2, 0.25) is 10.0 Å². The van der Waals surface area contributed by atoms with E-state index in [1.165, 1.54) is 41.9 Å². The van der Waals surface area contributed by atoms with Crippen molar-refractivity contribution in [2.24, 2.45) is 0 Å². The quantitative estimate of drug-likeness (QED) is 0.122. The van der Waals surface area contributed by atoms with E-state index in [2.05, 4.69) is 15.0 Å². The number of methoxy groups -OCH3 is 1. The van der Waals surface area contributed by atoms with E-state index in [1.807, 2.05) is 37.3 Å². The van der Waals surface area contributed by atoms with Crippen molar-refractivity contribution in [1.82, 2.24) is 19.9 Å². The van der Waals surface area contributed by atoms with Gasteiger partial charge in [0.25, 0.3) is 10.1 Å². The number of carboxylic acid groups (broad SMARTS) is 1. The third-order valence-corrected chi connectivity index (χ3v) is 14.1. The van der Waals surface area contributed by atoms with Crippen molar-refractivity contribution in [1.29, 1.82) is 0 Å². The van der Waals surface area contributed by atoms with Crippen LogP contribution in [-0.4, -0.2) is 65.4 Å². The molecule has 0 saturated heterocycles. The summed E-state index contributed by atoms with van der Waals surface area (Å²) in [5, 5.41) is 11.3. The van der Waals surface area contributed by atoms with Crippen LogP contribution < -0.4 is 18.9 Å². The Hall–Kier alpha value is -6.69. The summed E-state index contributed by atoms with van der Waals surface area (Å²) < 4.78 is 71.6. The number of carbonyl (C=O) groups is 1. The Bertz CT molecular complexity index is 3260. The average Bonchev–Trinajstić information content (AvgIpc) is 3.73. The van der Waals surface area contributed by atoms with Gasteiger partial charge < -0.3 is 24.1 Å². The number of rotatable bonds is 11. The van der Waals surface area contributed by atoms with Gasteiger partial charge in [0.05, 0.1) is 38.7 Å². The fourth-order valence-corrected chi connectivity index (χ4v) is 10.4. The lowest BCUT2D eigenvalue weighted by Gasteiger charge is -2.22. The van der Waals surface area contributed by atoms with E-state index in [-0.39, 0.29) is 46.0 Å². The number of aromatic nitrogens is 4. The van der Waals surface area contributed by atoms with E-state index < -0.39 is 40.7 Å². The molecule has 5 aromatic carbocycles. The van der Waals surface area contributed by atoms with Gasteiger partial charge in [0, 0.05) is 23.1 Å². The zero-order chi connectivity index (χ0) is 47.5. The Balaban J connectivity index is 1.14. The van der Waals surface area contributed by atoms with Gasteiger partial charge in [-0.2, -0.15) is 8.42 Å². The van der Waals surface area contributed by atoms with Crippen molar-refractivity contribution in [3.8, 4) is 56.1 Å². The third kappa shape index (κ3) is 10.1. The van der Waals surface area contributed by atoms with Crippen LogP contribution in [0.4, 0.5) is 4.39 Å². The Kier molecular flexibility index (Phi) is 13.6. The van der Waals surface area contributed by atoms with Crippen LogP contribution in [0, 0.1) is 12.7 Å². The van der Waals surface area contributed by atoms with Gasteiger partial charge in [0.1, 0.15) is 47.8 Å². The Labute approximate surface area is 404 Å². The first-order valence-corrected chi connectivity index (χ1v) is 24.1. The van der Waals surface area contributed by atoms with Crippen molar-refractivity contribution in [2.75, 3.05) is 13.7 Å². The van der Waals surface area contributed by atoms with Gasteiger partial charge in [-0.25, -0.2) is 29.1 Å². The zero-order valence-electron chi connectivity index (χ0n) is 36.2. The van der Waals surface area contributed by atoms with Gasteiger partial charge in [0.15, 0.2) is 11.6 Å². The van der Waals surface area contributed by atoms with Gasteiger partial charge in [0.2, 0.25) is 12.0 Å². The molecule has 1 N–H and O–H groups in total. The van der Waals surface area contributed by atoms with E-state index in [0.717, 1.165) is 11.1 Å². The van der Waals surface area contributed by atoms with E-state index in [4.69, 9.17) is 51.3 Å². The molecular formula is C50H39Cl2FN4O9S2. The lowest BCUT2D eigenvalue weighted by molar-refractivity contribution is -0.145. The van der Waals surface area contributed by atoms with Crippen LogP contribution in [0.5, 0.6) is 23.1 Å². The van der Waals surface area contributed by atoms with Gasteiger partial charge in [-0.3, -0.25) is 4.18 Å². The summed E-state index contributed by atoms with van der Waals surface area (Å²) in [7, 11) is -2.65. The topological polar surface area (TPSA) is 169 Å². The molecule has 13 nitrogen and oxygen atoms in total. The van der Waals surface area contributed by atoms with Gasteiger partial charge in [-0.1, -0.05) is 77.3 Å². The Morgan fingerprint density at radius 1 is 0.897 bits per heavy atom. The first kappa shape index (κ1) is 46.4. The minimum atomic E-state index is -4.22. The summed E-state index contributed by atoms with van der Waals surface area (Å²) in [5.41, 5.74) is 4.90. The maximum atomic E-state index is 14.3. The number of nitrogens with zero attached hydrogens (tertiary/aromatic N) is 4. The van der Waals surface area contributed by atoms with Crippen molar-refractivity contribution < 1.29 is 45.8 Å². The monoisotopic (exact) mass is 992 g/mol. The summed E-state index contributed by atoms with van der Waals surface area (Å²) in [6.45, 7) is 1.43. The summed E-state index contributed by atoms with van der Waals surface area (Å²) in [4.78, 5) is 32.5. The Morgan fingerprint density at radius 2 is 1.66 bits per heavy atom. The van der Waals surface area contributed by atoms with Crippen molar-refractivity contribution in [2.45, 2.75) is 49.9 Å². The highest BCUT2D eigenvalue weighted by molar-refractivity contribution is 7.86. The highest BCUT2D eigenvalue weighted by Crippen LogP contribution is 2.49. The minimum absolute atomic E-state index is 0.00593. The molecule has 5 heterocycles. The maximum Gasteiger partial charge on any atom is 0.345 e. The van der Waals surface area contributed by atoms with Crippen LogP contribution in [0.15, 0.2) is 127 Å². The normalized spacial score (nSPS) is 15.0. The smallest absolute Gasteiger partial charge is 0.345 e. The summed E-state index contributed by atoms with van der Waals surface area (Å²) in [6.07, 6.45) is 0.781. The highest BCUT2D eigenvalue weighted by Gasteiger charge is 2.30. The molecule has 2 aliphatic rings. The molecule has 0 saturated carbocycles. The second kappa shape index (κ2) is 19.9. The fraction of sp³-hybridized carbons (Fsp3) is 0.180. The molecule has 4 bridgehead atoms. The molecule has 2 aliphatic heterocycles. The molecule has 8 aromatic rings. The number of para-hydroxylation sites is 1. The largest absolute Gasteiger partial charge is 0.496 e. The molecule has 0 spiro atoms. The molecule has 346 valence electrons. The summed E-state index contributed by atoms with van der Waals surface area (Å²) >= 11 is 15.3. The Morgan fingerprint density at radius 3 is 2.41 bits per heavy atom. The molecule has 68 heavy (non-hydrogen) atoms. The second-order valence-electron chi connectivity index (χ2n) is 15.7. The van der Waals surface area contributed by atoms with E-state index in [0.29, 0.717) is 72.3 Å². The van der Waals surface area contributed by atoms with E-state index >= 15 is 0 Å². The number of hydrogen-bond donors (Lipinski definition) is 1. The molecule has 2 atom stereocenters. The first-order valence-electron chi connectivity index (χ1n) is 21.1. The second-order valence-corrected chi connectivity index (χ2v) is 19.2. The molecule has 0 amide bonds. The van der Waals surface area contributed by atoms with Crippen molar-refractivity contribution in [3.63, 3.8) is 0 Å². The molecule has 0 unspecified atom stereocenters. The number of ether oxygens (including phenoxy) is 4. The standard InChI is InChI=1S/C50H39Cl2FN4O9S2/c1-28-7-16-36(17-8-28)68(60,61)64-26-35-15-9-29-10-18-40(63-25-34-19-20-54-47(57-34)37-5-3-4-6-41(37)62-2)31(21-29)24-42(50(58)59)66-48-44-43(32-22-38(51)45(65-35)39(52)23-32)46(67-49(44)56-27-55-48)30-11-13-33(53)14-12-30/h3-8,10-14,16-23,27,35,42H,9,15,24-26H2,1-2H3,(H,58,59)/t35-,42-/m1/s1. The van der Waals surface area contributed by atoms with E-state index in [1.54, 1.807) is 67.9 Å². The molecule has 0 aliphatic carbocycles. The molecule has 3 aromatic heterocycles. The molecule has 18 heteroatoms. The molecule has 0 radical (unpaired) electrons. The fourth-order valence-electron chi connectivity index (χ4n) is 7.69. The van der Waals surface area contributed by atoms with Crippen LogP contribution in [-0.2, 0) is 38.5 Å². The van der Waals surface area contributed by atoms with E-state index in [9.17, 15) is 22.7 Å². The number of carboxylic acids is 1. The number of fused-ring (bicyclic) bond motifs is 7. The van der Waals surface area contributed by atoms with Crippen LogP contribution in [0.25, 0.3) is 43.2 Å². The predicted molar refractivity (Wildman–Crippen MR) is 256 cm³/mol. The minimum Gasteiger partial charge on any atom is -0.496 e. The number of aryl methyl sites for hydroxylation is 2. The highest BCUT2D eigenvalue weighted by atomic mass is 35.5. The lowest BCUT2D eigenvalue weighted by atomic mass is 9.99. The van der Waals surface area contributed by atoms with Crippen molar-refractivity contribution >= 4 is 60.8 Å². The first-order chi connectivity index (χ1) is 32.8. The zero-order valence-corrected chi connectivity index (χ0v) is 39.3. The molecule has 10 rings (SSSR count). The third-order valence-electron chi connectivity index (χ3n) is 11.1. The number of hydrogen-bond acceptors (Lipinski definition) is 13. The number of halogens is 3. The van der Waals surface area contributed by atoms with Gasteiger partial charge in [-0.15, -0.1) is 11.3 Å². The average molecular weight is 994 g/mol. The van der Waals surface area contributed by atoms with Crippen LogP contribution >= 0.6 is 34.5 Å². The van der Waals surface area contributed by atoms with Crippen LogP contribution in [0.1, 0.15) is 28.8 Å². The molecule has 0 fully saturated rings. The van der Waals surface area contributed by atoms with Gasteiger partial charge in [-0.05, 0) is 103 Å². The predicted octanol–water partition coefficient (Wildman–Crippen LogP) is 11.0. The lowest BCUT2D eigenvalue weighted by Crippen LogP contribution is -2.30.